The lowest BCUT2D eigenvalue weighted by molar-refractivity contribution is 0.563. The summed E-state index contributed by atoms with van der Waals surface area (Å²) in [6.07, 6.45) is 11.7. The third kappa shape index (κ3) is 3.97. The third-order valence-corrected chi connectivity index (χ3v) is 5.58. The van der Waals surface area contributed by atoms with Crippen molar-refractivity contribution in [3.8, 4) is 0 Å². The van der Waals surface area contributed by atoms with Crippen LogP contribution in [0.5, 0.6) is 0 Å². The molecular formula is C21H22Cl2N4. The maximum absolute atomic E-state index is 6.37. The summed E-state index contributed by atoms with van der Waals surface area (Å²) in [6, 6.07) is 7.91. The quantitative estimate of drug-likeness (QED) is 0.459. The average molecular weight is 401 g/mol. The van der Waals surface area contributed by atoms with Gasteiger partial charge in [0.1, 0.15) is 5.84 Å². The number of nitrogens with zero attached hydrogens (tertiary/aromatic N) is 3. The van der Waals surface area contributed by atoms with Crippen molar-refractivity contribution < 1.29 is 0 Å². The van der Waals surface area contributed by atoms with Crippen molar-refractivity contribution in [1.82, 2.24) is 9.55 Å². The Hall–Kier alpha value is -2.04. The van der Waals surface area contributed by atoms with Crippen LogP contribution in [0.2, 0.25) is 10.0 Å². The van der Waals surface area contributed by atoms with E-state index in [1.807, 2.05) is 30.9 Å². The van der Waals surface area contributed by atoms with Gasteiger partial charge in [0.15, 0.2) is 0 Å². The molecule has 0 amide bonds. The van der Waals surface area contributed by atoms with E-state index in [-0.39, 0.29) is 0 Å². The van der Waals surface area contributed by atoms with Gasteiger partial charge in [0.2, 0.25) is 0 Å². The Kier molecular flexibility index (Phi) is 5.65. The van der Waals surface area contributed by atoms with Crippen molar-refractivity contribution in [3.05, 3.63) is 58.6 Å². The van der Waals surface area contributed by atoms with E-state index in [1.165, 1.54) is 25.7 Å². The van der Waals surface area contributed by atoms with Gasteiger partial charge in [-0.3, -0.25) is 4.99 Å². The third-order valence-electron chi connectivity index (χ3n) is 4.97. The van der Waals surface area contributed by atoms with Gasteiger partial charge in [0.05, 0.1) is 22.1 Å². The number of anilines is 1. The number of imidazole rings is 1. The zero-order valence-electron chi connectivity index (χ0n) is 15.1. The number of hydrogen-bond donors (Lipinski definition) is 1. The molecule has 0 saturated heterocycles. The minimum Gasteiger partial charge on any atom is -0.338 e. The van der Waals surface area contributed by atoms with Gasteiger partial charge in [-0.2, -0.15) is 0 Å². The van der Waals surface area contributed by atoms with E-state index in [4.69, 9.17) is 28.2 Å². The molecule has 1 aromatic heterocycles. The highest BCUT2D eigenvalue weighted by molar-refractivity contribution is 6.44. The zero-order chi connectivity index (χ0) is 18.6. The van der Waals surface area contributed by atoms with Crippen LogP contribution in [0, 0.1) is 0 Å². The van der Waals surface area contributed by atoms with Crippen molar-refractivity contribution in [3.63, 3.8) is 0 Å². The first-order chi connectivity index (χ1) is 13.2. The molecule has 6 heteroatoms. The summed E-state index contributed by atoms with van der Waals surface area (Å²) < 4.78 is 2.13. The molecule has 4 rings (SSSR count). The number of hydrogen-bond acceptors (Lipinski definition) is 2. The van der Waals surface area contributed by atoms with Gasteiger partial charge in [-0.05, 0) is 18.9 Å². The maximum Gasteiger partial charge on any atom is 0.133 e. The molecule has 0 fully saturated rings. The van der Waals surface area contributed by atoms with Gasteiger partial charge in [-0.15, -0.1) is 0 Å². The van der Waals surface area contributed by atoms with Gasteiger partial charge < -0.3 is 9.88 Å². The molecule has 0 bridgehead atoms. The molecular weight excluding hydrogens is 379 g/mol. The topological polar surface area (TPSA) is 42.2 Å². The number of unbranched alkanes of at least 4 members (excludes halogenated alkanes) is 4. The molecule has 2 aromatic carbocycles. The summed E-state index contributed by atoms with van der Waals surface area (Å²) >= 11 is 12.7. The molecule has 3 aromatic rings. The number of aryl methyl sites for hydroxylation is 1. The van der Waals surface area contributed by atoms with Crippen LogP contribution in [-0.2, 0) is 6.54 Å². The van der Waals surface area contributed by atoms with E-state index < -0.39 is 0 Å². The summed E-state index contributed by atoms with van der Waals surface area (Å²) in [5, 5.41) is 6.80. The minimum atomic E-state index is 0.642. The van der Waals surface area contributed by atoms with Crippen molar-refractivity contribution >= 4 is 45.5 Å². The van der Waals surface area contributed by atoms with Gasteiger partial charge in [-0.1, -0.05) is 60.7 Å². The zero-order valence-corrected chi connectivity index (χ0v) is 16.6. The fourth-order valence-electron chi connectivity index (χ4n) is 3.58. The molecule has 1 aliphatic rings. The van der Waals surface area contributed by atoms with Crippen LogP contribution in [0.25, 0.3) is 10.8 Å². The number of halogens is 2. The van der Waals surface area contributed by atoms with Crippen LogP contribution >= 0.6 is 23.2 Å². The van der Waals surface area contributed by atoms with Gasteiger partial charge in [0.25, 0.3) is 0 Å². The summed E-state index contributed by atoms with van der Waals surface area (Å²) in [5.74, 6) is 0.903. The second-order valence-corrected chi connectivity index (χ2v) is 7.68. The predicted octanol–water partition coefficient (Wildman–Crippen LogP) is 6.17. The Morgan fingerprint density at radius 3 is 2.74 bits per heavy atom. The maximum atomic E-state index is 6.37. The first-order valence-corrected chi connectivity index (χ1v) is 10.2. The number of amidine groups is 1. The van der Waals surface area contributed by atoms with E-state index >= 15 is 0 Å². The minimum absolute atomic E-state index is 0.642. The molecule has 0 aliphatic carbocycles. The molecule has 140 valence electrons. The monoisotopic (exact) mass is 400 g/mol. The Labute approximate surface area is 169 Å². The lowest BCUT2D eigenvalue weighted by Gasteiger charge is -2.04. The molecule has 0 spiro atoms. The Balaban J connectivity index is 1.29. The molecule has 2 heterocycles. The summed E-state index contributed by atoms with van der Waals surface area (Å²) in [6.45, 7) is 1.87. The normalized spacial score (nSPS) is 14.2. The summed E-state index contributed by atoms with van der Waals surface area (Å²) in [4.78, 5) is 8.85. The van der Waals surface area contributed by atoms with Crippen LogP contribution < -0.4 is 5.32 Å². The van der Waals surface area contributed by atoms with Crippen LogP contribution in [0.15, 0.2) is 48.0 Å². The van der Waals surface area contributed by atoms with Crippen molar-refractivity contribution in [2.24, 2.45) is 4.99 Å². The second kappa shape index (κ2) is 8.32. The molecule has 0 unspecified atom stereocenters. The van der Waals surface area contributed by atoms with Crippen LogP contribution in [0.1, 0.15) is 37.7 Å². The Morgan fingerprint density at radius 1 is 1.04 bits per heavy atom. The van der Waals surface area contributed by atoms with Crippen LogP contribution in [-0.4, -0.2) is 21.9 Å². The molecule has 1 aliphatic heterocycles. The van der Waals surface area contributed by atoms with E-state index in [2.05, 4.69) is 20.9 Å². The highest BCUT2D eigenvalue weighted by atomic mass is 35.5. The lowest BCUT2D eigenvalue weighted by Crippen LogP contribution is -2.08. The number of benzene rings is 2. The average Bonchev–Trinajstić information content (AvgIpc) is 3.31. The largest absolute Gasteiger partial charge is 0.338 e. The molecule has 4 nitrogen and oxygen atoms in total. The van der Waals surface area contributed by atoms with E-state index in [9.17, 15) is 0 Å². The number of aliphatic imine (C=N–C) groups is 1. The molecule has 0 radical (unpaired) electrons. The molecule has 1 N–H and O–H groups in total. The van der Waals surface area contributed by atoms with Gasteiger partial charge in [0, 0.05) is 41.8 Å². The first kappa shape index (κ1) is 18.3. The Bertz CT molecular complexity index is 964. The standard InChI is InChI=1S/C21H22Cl2N4/c22-17-13-18(23)20-19-15(17)7-6-8-16(19)21(26-20)25-9-4-2-1-3-5-11-27-12-10-24-14-27/h6-8,10,12-14H,1-5,9,11H2,(H,25,26). The highest BCUT2D eigenvalue weighted by Gasteiger charge is 2.23. The smallest absolute Gasteiger partial charge is 0.133 e. The number of aromatic nitrogens is 2. The van der Waals surface area contributed by atoms with E-state index in [1.54, 1.807) is 6.07 Å². The highest BCUT2D eigenvalue weighted by Crippen LogP contribution is 2.42. The second-order valence-electron chi connectivity index (χ2n) is 6.87. The van der Waals surface area contributed by atoms with Crippen LogP contribution in [0.3, 0.4) is 0 Å². The van der Waals surface area contributed by atoms with Crippen molar-refractivity contribution in [1.29, 1.82) is 0 Å². The first-order valence-electron chi connectivity index (χ1n) is 9.42. The molecule has 0 saturated carbocycles. The van der Waals surface area contributed by atoms with Crippen LogP contribution in [0.4, 0.5) is 5.69 Å². The van der Waals surface area contributed by atoms with Gasteiger partial charge in [-0.25, -0.2) is 4.98 Å². The number of nitrogens with one attached hydrogen (secondary N) is 1. The van der Waals surface area contributed by atoms with E-state index in [0.29, 0.717) is 10.0 Å². The number of rotatable bonds is 8. The van der Waals surface area contributed by atoms with Gasteiger partial charge >= 0.3 is 0 Å². The fraction of sp³-hybridized carbons (Fsp3) is 0.333. The van der Waals surface area contributed by atoms with Crippen molar-refractivity contribution in [2.45, 2.75) is 38.6 Å². The van der Waals surface area contributed by atoms with Crippen molar-refractivity contribution in [2.75, 3.05) is 11.9 Å². The molecule has 27 heavy (non-hydrogen) atoms. The predicted molar refractivity (Wildman–Crippen MR) is 114 cm³/mol. The summed E-state index contributed by atoms with van der Waals surface area (Å²) in [5.41, 5.74) is 2.01. The summed E-state index contributed by atoms with van der Waals surface area (Å²) in [7, 11) is 0. The SMILES string of the molecule is Clc1cc(Cl)c2cccc3c2c1NC3=NCCCCCCCn1ccnc1. The molecule has 0 atom stereocenters. The fourth-order valence-corrected chi connectivity index (χ4v) is 4.15. The van der Waals surface area contributed by atoms with E-state index in [0.717, 1.165) is 47.4 Å². The lowest BCUT2D eigenvalue weighted by atomic mass is 10.1. The Morgan fingerprint density at radius 2 is 1.89 bits per heavy atom.